The van der Waals surface area contributed by atoms with Crippen molar-refractivity contribution in [1.29, 1.82) is 0 Å². The van der Waals surface area contributed by atoms with Crippen molar-refractivity contribution in [3.05, 3.63) is 92.2 Å². The van der Waals surface area contributed by atoms with Crippen LogP contribution >= 0.6 is 11.6 Å². The van der Waals surface area contributed by atoms with Crippen molar-refractivity contribution < 1.29 is 8.78 Å². The fraction of sp³-hybridized carbons (Fsp3) is 0.0556. The Bertz CT molecular complexity index is 1270. The van der Waals surface area contributed by atoms with Crippen LogP contribution in [0, 0.1) is 11.6 Å². The van der Waals surface area contributed by atoms with E-state index in [1.165, 1.54) is 24.5 Å². The Kier molecular flexibility index (Phi) is 4.44. The molecule has 0 saturated carbocycles. The van der Waals surface area contributed by atoms with Gasteiger partial charge in [-0.1, -0.05) is 6.07 Å². The van der Waals surface area contributed by atoms with Gasteiger partial charge < -0.3 is 4.57 Å². The molecule has 7 nitrogen and oxygen atoms in total. The molecule has 4 rings (SSSR count). The molecule has 0 unspecified atom stereocenters. The Morgan fingerprint density at radius 2 is 1.79 bits per heavy atom. The lowest BCUT2D eigenvalue weighted by Crippen LogP contribution is -2.37. The van der Waals surface area contributed by atoms with Crippen LogP contribution in [-0.2, 0) is 6.54 Å². The zero-order valence-corrected chi connectivity index (χ0v) is 14.8. The molecule has 0 radical (unpaired) electrons. The smallest absolute Gasteiger partial charge is 0.328 e. The third-order valence-electron chi connectivity index (χ3n) is 4.07. The molecule has 0 amide bonds. The predicted molar refractivity (Wildman–Crippen MR) is 96.8 cm³/mol. The Hall–Kier alpha value is -3.46. The zero-order chi connectivity index (χ0) is 19.8. The number of fused-ring (bicyclic) bond motifs is 1. The minimum absolute atomic E-state index is 0.0700. The van der Waals surface area contributed by atoms with Crippen molar-refractivity contribution in [3.8, 4) is 17.1 Å². The number of pyridine rings is 1. The maximum Gasteiger partial charge on any atom is 0.357 e. The van der Waals surface area contributed by atoms with Gasteiger partial charge in [0.2, 0.25) is 5.28 Å². The van der Waals surface area contributed by atoms with E-state index in [0.29, 0.717) is 10.1 Å². The van der Waals surface area contributed by atoms with Crippen LogP contribution in [0.4, 0.5) is 8.78 Å². The molecule has 1 aromatic carbocycles. The summed E-state index contributed by atoms with van der Waals surface area (Å²) in [5, 5.41) is 0.0895. The summed E-state index contributed by atoms with van der Waals surface area (Å²) >= 11 is 5.67. The average molecular weight is 402 g/mol. The van der Waals surface area contributed by atoms with Crippen LogP contribution in [0.5, 0.6) is 0 Å². The summed E-state index contributed by atoms with van der Waals surface area (Å²) in [7, 11) is 0. The first kappa shape index (κ1) is 17.9. The standard InChI is InChI=1S/C18H10ClF2N5O2/c19-17-22-7-10(8-23-17)9-25-6-2-3-11-15(25)24-18(28)26(16(11)27)13-5-1-4-12(20)14(13)21/h1-8H,9H2. The SMILES string of the molecule is O=c1nc2n(Cc3cnc(Cl)nc3)cccc-2c(=O)n1-c1cccc(F)c1F. The number of nitrogens with zero attached hydrogens (tertiary/aromatic N) is 5. The van der Waals surface area contributed by atoms with E-state index in [-0.39, 0.29) is 23.2 Å². The van der Waals surface area contributed by atoms with Gasteiger partial charge in [0.25, 0.3) is 5.56 Å². The zero-order valence-electron chi connectivity index (χ0n) is 14.0. The van der Waals surface area contributed by atoms with E-state index in [0.717, 1.165) is 12.1 Å². The monoisotopic (exact) mass is 401 g/mol. The lowest BCUT2D eigenvalue weighted by molar-refractivity contribution is 0.502. The molecule has 0 bridgehead atoms. The lowest BCUT2D eigenvalue weighted by Gasteiger charge is -2.15. The number of hydrogen-bond acceptors (Lipinski definition) is 5. The van der Waals surface area contributed by atoms with Gasteiger partial charge in [0.1, 0.15) is 0 Å². The molecule has 3 heterocycles. The van der Waals surface area contributed by atoms with Crippen molar-refractivity contribution in [2.45, 2.75) is 6.54 Å². The van der Waals surface area contributed by atoms with Crippen LogP contribution in [0.15, 0.2) is 58.5 Å². The van der Waals surface area contributed by atoms with Gasteiger partial charge in [-0.3, -0.25) is 4.79 Å². The van der Waals surface area contributed by atoms with Crippen LogP contribution in [0.3, 0.4) is 0 Å². The number of halogens is 3. The van der Waals surface area contributed by atoms with Gasteiger partial charge in [0, 0.05) is 24.2 Å². The molecule has 10 heteroatoms. The molecule has 2 aliphatic heterocycles. The van der Waals surface area contributed by atoms with Crippen molar-refractivity contribution in [1.82, 2.24) is 24.1 Å². The van der Waals surface area contributed by atoms with Crippen LogP contribution in [0.2, 0.25) is 5.28 Å². The summed E-state index contributed by atoms with van der Waals surface area (Å²) in [6, 6.07) is 6.27. The number of rotatable bonds is 3. The van der Waals surface area contributed by atoms with Crippen LogP contribution in [-0.4, -0.2) is 24.1 Å². The van der Waals surface area contributed by atoms with E-state index in [4.69, 9.17) is 11.6 Å². The Morgan fingerprint density at radius 3 is 2.54 bits per heavy atom. The lowest BCUT2D eigenvalue weighted by atomic mass is 10.2. The molecule has 1 aromatic heterocycles. The largest absolute Gasteiger partial charge is 0.357 e. The van der Waals surface area contributed by atoms with Crippen molar-refractivity contribution in [3.63, 3.8) is 0 Å². The van der Waals surface area contributed by atoms with Gasteiger partial charge in [-0.05, 0) is 35.9 Å². The summed E-state index contributed by atoms with van der Waals surface area (Å²) in [5.41, 5.74) is -1.58. The molecule has 2 aliphatic rings. The topological polar surface area (TPSA) is 82.7 Å². The van der Waals surface area contributed by atoms with Gasteiger partial charge in [-0.2, -0.15) is 4.98 Å². The predicted octanol–water partition coefficient (Wildman–Crippen LogP) is 2.27. The van der Waals surface area contributed by atoms with Gasteiger partial charge in [-0.25, -0.2) is 28.1 Å². The second kappa shape index (κ2) is 6.93. The molecule has 0 saturated heterocycles. The summed E-state index contributed by atoms with van der Waals surface area (Å²) < 4.78 is 29.7. The van der Waals surface area contributed by atoms with Gasteiger partial charge in [0.15, 0.2) is 17.5 Å². The number of aromatic nitrogens is 5. The van der Waals surface area contributed by atoms with E-state index in [1.54, 1.807) is 16.8 Å². The third-order valence-corrected chi connectivity index (χ3v) is 4.26. The summed E-state index contributed by atoms with van der Waals surface area (Å²) in [6.07, 6.45) is 4.63. The number of benzene rings is 1. The van der Waals surface area contributed by atoms with Crippen LogP contribution < -0.4 is 11.2 Å². The molecule has 140 valence electrons. The average Bonchev–Trinajstić information content (AvgIpc) is 2.67. The molecule has 0 N–H and O–H groups in total. The highest BCUT2D eigenvalue weighted by Crippen LogP contribution is 2.18. The molecule has 28 heavy (non-hydrogen) atoms. The van der Waals surface area contributed by atoms with E-state index >= 15 is 0 Å². The Labute approximate surface area is 160 Å². The van der Waals surface area contributed by atoms with E-state index in [2.05, 4.69) is 15.0 Å². The molecule has 2 aromatic rings. The maximum atomic E-state index is 14.1. The van der Waals surface area contributed by atoms with Crippen LogP contribution in [0.25, 0.3) is 17.1 Å². The van der Waals surface area contributed by atoms with Crippen molar-refractivity contribution in [2.75, 3.05) is 0 Å². The fourth-order valence-corrected chi connectivity index (χ4v) is 2.90. The Morgan fingerprint density at radius 1 is 1.04 bits per heavy atom. The molecular weight excluding hydrogens is 392 g/mol. The third kappa shape index (κ3) is 3.05. The van der Waals surface area contributed by atoms with Crippen molar-refractivity contribution in [2.24, 2.45) is 0 Å². The molecule has 0 spiro atoms. The summed E-state index contributed by atoms with van der Waals surface area (Å²) in [5.74, 6) is -2.37. The molecule has 0 aliphatic carbocycles. The minimum Gasteiger partial charge on any atom is -0.328 e. The highest BCUT2D eigenvalue weighted by Gasteiger charge is 2.21. The van der Waals surface area contributed by atoms with E-state index < -0.39 is 28.6 Å². The minimum atomic E-state index is -1.30. The second-order valence-electron chi connectivity index (χ2n) is 5.84. The second-order valence-corrected chi connectivity index (χ2v) is 6.18. The molecule has 0 fully saturated rings. The quantitative estimate of drug-likeness (QED) is 0.492. The first-order valence-corrected chi connectivity index (χ1v) is 8.36. The summed E-state index contributed by atoms with van der Waals surface area (Å²) in [4.78, 5) is 37.0. The highest BCUT2D eigenvalue weighted by atomic mass is 35.5. The van der Waals surface area contributed by atoms with Crippen molar-refractivity contribution >= 4 is 11.6 Å². The van der Waals surface area contributed by atoms with E-state index in [1.807, 2.05) is 0 Å². The highest BCUT2D eigenvalue weighted by molar-refractivity contribution is 6.28. The fourth-order valence-electron chi connectivity index (χ4n) is 2.80. The normalized spacial score (nSPS) is 11.1. The molecular formula is C18H10ClF2N5O2. The Balaban J connectivity index is 1.90. The van der Waals surface area contributed by atoms with Gasteiger partial charge >= 0.3 is 5.69 Å². The van der Waals surface area contributed by atoms with Crippen LogP contribution in [0.1, 0.15) is 5.56 Å². The maximum absolute atomic E-state index is 14.1. The van der Waals surface area contributed by atoms with Gasteiger partial charge in [0.05, 0.1) is 17.8 Å². The van der Waals surface area contributed by atoms with E-state index in [9.17, 15) is 18.4 Å². The first-order chi connectivity index (χ1) is 13.5. The number of hydrogen-bond donors (Lipinski definition) is 0. The molecule has 0 atom stereocenters. The first-order valence-electron chi connectivity index (χ1n) is 7.99. The summed E-state index contributed by atoms with van der Waals surface area (Å²) in [6.45, 7) is 0.221. The van der Waals surface area contributed by atoms with Gasteiger partial charge in [-0.15, -0.1) is 0 Å².